The molecule has 0 aromatic carbocycles. The average molecular weight is 214 g/mol. The van der Waals surface area contributed by atoms with E-state index in [1.54, 1.807) is 12.2 Å². The minimum absolute atomic E-state index is 0.287. The molecular weight excluding hydrogens is 200 g/mol. The van der Waals surface area contributed by atoms with Gasteiger partial charge in [0.15, 0.2) is 0 Å². The second kappa shape index (κ2) is 6.94. The van der Waals surface area contributed by atoms with Crippen LogP contribution in [0.1, 0.15) is 0 Å². The highest BCUT2D eigenvalue weighted by atomic mass is 16.4. The van der Waals surface area contributed by atoms with E-state index in [9.17, 15) is 4.79 Å². The van der Waals surface area contributed by atoms with Crippen LogP contribution in [0.3, 0.4) is 0 Å². The molecule has 0 saturated heterocycles. The fourth-order valence-electron chi connectivity index (χ4n) is 0.724. The summed E-state index contributed by atoms with van der Waals surface area (Å²) in [5, 5.41) is 32.4. The van der Waals surface area contributed by atoms with Crippen LogP contribution >= 0.6 is 0 Å². The molecule has 1 aliphatic rings. The van der Waals surface area contributed by atoms with E-state index in [1.165, 1.54) is 6.08 Å². The van der Waals surface area contributed by atoms with Crippen LogP contribution in [-0.2, 0) is 4.79 Å². The molecule has 5 nitrogen and oxygen atoms in total. The van der Waals surface area contributed by atoms with E-state index in [0.717, 1.165) is 0 Å². The topological polar surface area (TPSA) is 98.0 Å². The summed E-state index contributed by atoms with van der Waals surface area (Å²) < 4.78 is 0. The van der Waals surface area contributed by atoms with Crippen LogP contribution in [0.15, 0.2) is 36.0 Å². The summed E-state index contributed by atoms with van der Waals surface area (Å²) in [4.78, 5) is 10.2. The Balaban J connectivity index is 0.000000288. The van der Waals surface area contributed by atoms with Gasteiger partial charge in [0, 0.05) is 0 Å². The minimum atomic E-state index is -0.954. The summed E-state index contributed by atoms with van der Waals surface area (Å²) in [6.07, 6.45) is 3.92. The number of aliphatic carboxylic acids is 1. The van der Waals surface area contributed by atoms with E-state index in [1.807, 2.05) is 0 Å². The van der Waals surface area contributed by atoms with Gasteiger partial charge in [-0.3, -0.25) is 0 Å². The first kappa shape index (κ1) is 13.6. The first-order chi connectivity index (χ1) is 7.02. The minimum Gasteiger partial charge on any atom is -0.478 e. The summed E-state index contributed by atoms with van der Waals surface area (Å²) in [5.74, 6) is -0.912. The summed E-state index contributed by atoms with van der Waals surface area (Å²) in [7, 11) is 0. The number of carboxylic acids is 1. The Morgan fingerprint density at radius 2 is 1.93 bits per heavy atom. The van der Waals surface area contributed by atoms with Crippen molar-refractivity contribution in [3.05, 3.63) is 36.0 Å². The van der Waals surface area contributed by atoms with Crippen LogP contribution in [-0.4, -0.2) is 45.7 Å². The lowest BCUT2D eigenvalue weighted by molar-refractivity contribution is -0.132. The molecule has 1 aliphatic carbocycles. The number of allylic oxidation sites excluding steroid dienone is 3. The van der Waals surface area contributed by atoms with Gasteiger partial charge in [0.2, 0.25) is 0 Å². The Bertz CT molecular complexity index is 286. The molecule has 4 N–H and O–H groups in total. The smallest absolute Gasteiger partial charge is 0.336 e. The molecule has 0 atom stereocenters. The van der Waals surface area contributed by atoms with Gasteiger partial charge in [0.1, 0.15) is 6.10 Å². The van der Waals surface area contributed by atoms with E-state index >= 15 is 0 Å². The van der Waals surface area contributed by atoms with Crippen molar-refractivity contribution < 1.29 is 25.2 Å². The predicted octanol–water partition coefficient (Wildman–Crippen LogP) is -0.545. The highest BCUT2D eigenvalue weighted by Crippen LogP contribution is 2.15. The maximum Gasteiger partial charge on any atom is 0.336 e. The molecule has 0 radical (unpaired) electrons. The van der Waals surface area contributed by atoms with Crippen molar-refractivity contribution in [2.75, 3.05) is 13.2 Å². The molecule has 5 heteroatoms. The van der Waals surface area contributed by atoms with Crippen molar-refractivity contribution in [3.8, 4) is 0 Å². The lowest BCUT2D eigenvalue weighted by atomic mass is 10.2. The molecule has 0 aromatic heterocycles. The molecule has 0 unspecified atom stereocenters. The molecule has 0 heterocycles. The maximum absolute atomic E-state index is 10.2. The molecule has 0 aliphatic heterocycles. The lowest BCUT2D eigenvalue weighted by Gasteiger charge is -1.96. The second-order valence-electron chi connectivity index (χ2n) is 2.79. The molecule has 84 valence electrons. The van der Waals surface area contributed by atoms with Gasteiger partial charge in [-0.05, 0) is 11.6 Å². The third-order valence-corrected chi connectivity index (χ3v) is 1.56. The summed E-state index contributed by atoms with van der Waals surface area (Å²) >= 11 is 0. The molecule has 0 bridgehead atoms. The molecule has 0 amide bonds. The Morgan fingerprint density at radius 1 is 1.40 bits per heavy atom. The molecule has 1 rings (SSSR count). The van der Waals surface area contributed by atoms with Crippen molar-refractivity contribution >= 4 is 5.97 Å². The number of hydrogen-bond acceptors (Lipinski definition) is 4. The van der Waals surface area contributed by atoms with Gasteiger partial charge >= 0.3 is 5.97 Å². The average Bonchev–Trinajstić information content (AvgIpc) is 2.64. The molecule has 0 saturated carbocycles. The van der Waals surface area contributed by atoms with Crippen molar-refractivity contribution in [1.82, 2.24) is 0 Å². The van der Waals surface area contributed by atoms with Gasteiger partial charge in [-0.15, -0.1) is 0 Å². The van der Waals surface area contributed by atoms with Crippen LogP contribution in [0.4, 0.5) is 0 Å². The quantitative estimate of drug-likeness (QED) is 0.505. The van der Waals surface area contributed by atoms with Gasteiger partial charge in [-0.2, -0.15) is 0 Å². The van der Waals surface area contributed by atoms with Crippen molar-refractivity contribution in [1.29, 1.82) is 0 Å². The molecule has 0 fully saturated rings. The standard InChI is InChI=1S/C7H6O2.C3H8O3/c1-5-3-2-4-6(5)7(8)9;4-1-3(6)2-5/h2-4H,1H2,(H,8,9);3-6H,1-2H2. The monoisotopic (exact) mass is 214 g/mol. The number of aliphatic hydroxyl groups excluding tert-OH is 3. The van der Waals surface area contributed by atoms with Crippen molar-refractivity contribution in [2.24, 2.45) is 0 Å². The number of aliphatic hydroxyl groups is 3. The fraction of sp³-hybridized carbons (Fsp3) is 0.300. The zero-order chi connectivity index (χ0) is 11.8. The highest BCUT2D eigenvalue weighted by Gasteiger charge is 2.10. The first-order valence-corrected chi connectivity index (χ1v) is 4.23. The Labute approximate surface area is 87.3 Å². The van der Waals surface area contributed by atoms with E-state index in [2.05, 4.69) is 6.58 Å². The Hall–Kier alpha value is -1.43. The summed E-state index contributed by atoms with van der Waals surface area (Å²) in [6, 6.07) is 0. The van der Waals surface area contributed by atoms with Crippen LogP contribution < -0.4 is 0 Å². The molecular formula is C10H14O5. The third-order valence-electron chi connectivity index (χ3n) is 1.56. The number of rotatable bonds is 3. The first-order valence-electron chi connectivity index (χ1n) is 4.23. The predicted molar refractivity (Wildman–Crippen MR) is 54.2 cm³/mol. The van der Waals surface area contributed by atoms with E-state index < -0.39 is 12.1 Å². The van der Waals surface area contributed by atoms with Gasteiger partial charge in [-0.1, -0.05) is 18.7 Å². The normalized spacial score (nSPS) is 13.6. The van der Waals surface area contributed by atoms with E-state index in [4.69, 9.17) is 20.4 Å². The van der Waals surface area contributed by atoms with E-state index in [0.29, 0.717) is 5.57 Å². The maximum atomic E-state index is 10.2. The van der Waals surface area contributed by atoms with Gasteiger partial charge < -0.3 is 20.4 Å². The summed E-state index contributed by atoms with van der Waals surface area (Å²) in [6.45, 7) is 2.79. The third kappa shape index (κ3) is 5.11. The lowest BCUT2D eigenvalue weighted by Crippen LogP contribution is -2.15. The number of carboxylic acid groups (broad SMARTS) is 1. The zero-order valence-corrected chi connectivity index (χ0v) is 8.13. The van der Waals surface area contributed by atoms with Gasteiger partial charge in [0.05, 0.1) is 18.8 Å². The van der Waals surface area contributed by atoms with Crippen LogP contribution in [0, 0.1) is 0 Å². The fourth-order valence-corrected chi connectivity index (χ4v) is 0.724. The van der Waals surface area contributed by atoms with Crippen LogP contribution in [0.5, 0.6) is 0 Å². The highest BCUT2D eigenvalue weighted by molar-refractivity contribution is 5.94. The Kier molecular flexibility index (Phi) is 6.28. The van der Waals surface area contributed by atoms with Crippen LogP contribution in [0.2, 0.25) is 0 Å². The van der Waals surface area contributed by atoms with Crippen molar-refractivity contribution in [3.63, 3.8) is 0 Å². The zero-order valence-electron chi connectivity index (χ0n) is 8.13. The number of carbonyl (C=O) groups is 1. The van der Waals surface area contributed by atoms with Gasteiger partial charge in [0.25, 0.3) is 0 Å². The van der Waals surface area contributed by atoms with Crippen LogP contribution in [0.25, 0.3) is 0 Å². The largest absolute Gasteiger partial charge is 0.478 e. The summed E-state index contributed by atoms with van der Waals surface area (Å²) in [5.41, 5.74) is 0.859. The van der Waals surface area contributed by atoms with Crippen molar-refractivity contribution in [2.45, 2.75) is 6.10 Å². The molecule has 0 aromatic rings. The van der Waals surface area contributed by atoms with Gasteiger partial charge in [-0.25, -0.2) is 4.79 Å². The second-order valence-corrected chi connectivity index (χ2v) is 2.79. The Morgan fingerprint density at radius 3 is 2.07 bits per heavy atom. The molecule has 0 spiro atoms. The SMILES string of the molecule is C=C1C=CC=C1C(=O)O.OCC(O)CO. The molecule has 15 heavy (non-hydrogen) atoms. The number of hydrogen-bond donors (Lipinski definition) is 4. The van der Waals surface area contributed by atoms with E-state index in [-0.39, 0.29) is 18.8 Å².